The summed E-state index contributed by atoms with van der Waals surface area (Å²) < 4.78 is 0.855. The van der Waals surface area contributed by atoms with Crippen molar-refractivity contribution in [2.75, 3.05) is 5.75 Å². The van der Waals surface area contributed by atoms with Crippen molar-refractivity contribution < 1.29 is 9.90 Å². The summed E-state index contributed by atoms with van der Waals surface area (Å²) >= 11 is 2.89. The van der Waals surface area contributed by atoms with Crippen LogP contribution in [0.3, 0.4) is 0 Å². The Hall–Kier alpha value is -0.550. The molecule has 0 aliphatic heterocycles. The molecule has 0 atom stereocenters. The van der Waals surface area contributed by atoms with Crippen LogP contribution in [0, 0.1) is 12.8 Å². The number of carboxylic acids is 1. The Balaban J connectivity index is 2.71. The van der Waals surface area contributed by atoms with Gasteiger partial charge >= 0.3 is 5.97 Å². The second-order valence-electron chi connectivity index (χ2n) is 3.40. The second kappa shape index (κ2) is 4.79. The molecular weight excluding hydrogens is 218 g/mol. The van der Waals surface area contributed by atoms with Crippen molar-refractivity contribution in [3.8, 4) is 0 Å². The molecule has 1 rings (SSSR count). The lowest BCUT2D eigenvalue weighted by Gasteiger charge is -1.99. The summed E-state index contributed by atoms with van der Waals surface area (Å²) in [5.41, 5.74) is 0.619. The van der Waals surface area contributed by atoms with Crippen LogP contribution in [0.4, 0.5) is 0 Å². The average molecular weight is 231 g/mol. The van der Waals surface area contributed by atoms with E-state index in [1.165, 1.54) is 11.3 Å². The normalized spacial score (nSPS) is 10.9. The Bertz CT molecular complexity index is 334. The lowest BCUT2D eigenvalue weighted by molar-refractivity contribution is 0.0701. The van der Waals surface area contributed by atoms with Gasteiger partial charge in [0.05, 0.1) is 5.69 Å². The summed E-state index contributed by atoms with van der Waals surface area (Å²) in [6.45, 7) is 6.00. The third-order valence-electron chi connectivity index (χ3n) is 1.51. The van der Waals surface area contributed by atoms with Crippen LogP contribution in [-0.4, -0.2) is 21.8 Å². The van der Waals surface area contributed by atoms with E-state index in [9.17, 15) is 4.79 Å². The molecule has 0 aromatic carbocycles. The van der Waals surface area contributed by atoms with E-state index in [4.69, 9.17) is 5.11 Å². The van der Waals surface area contributed by atoms with Gasteiger partial charge in [-0.1, -0.05) is 25.6 Å². The van der Waals surface area contributed by atoms with Crippen molar-refractivity contribution in [1.29, 1.82) is 0 Å². The van der Waals surface area contributed by atoms with Gasteiger partial charge in [-0.2, -0.15) is 0 Å². The van der Waals surface area contributed by atoms with Crippen molar-refractivity contribution >= 4 is 29.1 Å². The molecule has 14 heavy (non-hydrogen) atoms. The highest BCUT2D eigenvalue weighted by Crippen LogP contribution is 2.28. The number of thiazole rings is 1. The fraction of sp³-hybridized carbons (Fsp3) is 0.556. The van der Waals surface area contributed by atoms with E-state index in [0.29, 0.717) is 16.5 Å². The van der Waals surface area contributed by atoms with Crippen molar-refractivity contribution in [3.05, 3.63) is 10.6 Å². The van der Waals surface area contributed by atoms with E-state index in [1.54, 1.807) is 18.7 Å². The van der Waals surface area contributed by atoms with Crippen LogP contribution >= 0.6 is 23.1 Å². The number of aryl methyl sites for hydroxylation is 1. The summed E-state index contributed by atoms with van der Waals surface area (Å²) in [6.07, 6.45) is 0. The minimum absolute atomic E-state index is 0.358. The number of rotatable bonds is 4. The number of nitrogens with zero attached hydrogens (tertiary/aromatic N) is 1. The fourth-order valence-electron chi connectivity index (χ4n) is 0.870. The largest absolute Gasteiger partial charge is 0.477 e. The summed E-state index contributed by atoms with van der Waals surface area (Å²) in [7, 11) is 0. The lowest BCUT2D eigenvalue weighted by atomic mass is 10.3. The predicted molar refractivity (Wildman–Crippen MR) is 59.4 cm³/mol. The van der Waals surface area contributed by atoms with Gasteiger partial charge in [-0.3, -0.25) is 0 Å². The third-order valence-corrected chi connectivity index (χ3v) is 4.23. The minimum atomic E-state index is -0.878. The van der Waals surface area contributed by atoms with Crippen LogP contribution in [0.25, 0.3) is 0 Å². The smallest absolute Gasteiger partial charge is 0.347 e. The molecule has 1 aromatic rings. The number of hydrogen-bond acceptors (Lipinski definition) is 4. The Morgan fingerprint density at radius 1 is 1.64 bits per heavy atom. The van der Waals surface area contributed by atoms with E-state index in [0.717, 1.165) is 10.1 Å². The Kier molecular flexibility index (Phi) is 3.95. The van der Waals surface area contributed by atoms with E-state index in [1.807, 2.05) is 0 Å². The molecule has 0 bridgehead atoms. The summed E-state index contributed by atoms with van der Waals surface area (Å²) in [6, 6.07) is 0. The average Bonchev–Trinajstić information content (AvgIpc) is 2.43. The highest BCUT2D eigenvalue weighted by Gasteiger charge is 2.14. The van der Waals surface area contributed by atoms with Gasteiger partial charge in [0.25, 0.3) is 0 Å². The van der Waals surface area contributed by atoms with E-state index in [-0.39, 0.29) is 0 Å². The van der Waals surface area contributed by atoms with Gasteiger partial charge in [-0.25, -0.2) is 9.78 Å². The van der Waals surface area contributed by atoms with Crippen molar-refractivity contribution in [2.24, 2.45) is 5.92 Å². The van der Waals surface area contributed by atoms with Gasteiger partial charge in [-0.15, -0.1) is 11.3 Å². The standard InChI is InChI=1S/C9H13NO2S2/c1-5(2)4-13-9-10-6(3)7(14-9)8(11)12/h5H,4H2,1-3H3,(H,11,12). The summed E-state index contributed by atoms with van der Waals surface area (Å²) in [4.78, 5) is 15.3. The molecule has 1 heterocycles. The molecule has 0 unspecified atom stereocenters. The maximum Gasteiger partial charge on any atom is 0.347 e. The van der Waals surface area contributed by atoms with Crippen LogP contribution in [-0.2, 0) is 0 Å². The molecule has 78 valence electrons. The van der Waals surface area contributed by atoms with Gasteiger partial charge < -0.3 is 5.11 Å². The van der Waals surface area contributed by atoms with E-state index >= 15 is 0 Å². The van der Waals surface area contributed by atoms with Crippen LogP contribution in [0.5, 0.6) is 0 Å². The summed E-state index contributed by atoms with van der Waals surface area (Å²) in [5, 5.41) is 8.82. The maximum atomic E-state index is 10.7. The molecule has 1 N–H and O–H groups in total. The first-order chi connectivity index (χ1) is 6.50. The van der Waals surface area contributed by atoms with Gasteiger partial charge in [0, 0.05) is 5.75 Å². The van der Waals surface area contributed by atoms with E-state index < -0.39 is 5.97 Å². The zero-order valence-electron chi connectivity index (χ0n) is 8.40. The molecule has 0 aliphatic rings. The van der Waals surface area contributed by atoms with Gasteiger partial charge in [0.2, 0.25) is 0 Å². The quantitative estimate of drug-likeness (QED) is 0.809. The Labute approximate surface area is 91.6 Å². The molecule has 1 aromatic heterocycles. The Morgan fingerprint density at radius 2 is 2.29 bits per heavy atom. The lowest BCUT2D eigenvalue weighted by Crippen LogP contribution is -1.94. The van der Waals surface area contributed by atoms with Crippen LogP contribution in [0.2, 0.25) is 0 Å². The molecule has 0 radical (unpaired) electrons. The van der Waals surface area contributed by atoms with Crippen molar-refractivity contribution in [1.82, 2.24) is 4.98 Å². The third kappa shape index (κ3) is 2.99. The highest BCUT2D eigenvalue weighted by atomic mass is 32.2. The first-order valence-corrected chi connectivity index (χ1v) is 6.14. The van der Waals surface area contributed by atoms with Crippen LogP contribution in [0.15, 0.2) is 4.34 Å². The molecular formula is C9H13NO2S2. The van der Waals surface area contributed by atoms with Gasteiger partial charge in [0.1, 0.15) is 4.88 Å². The monoisotopic (exact) mass is 231 g/mol. The molecule has 0 fully saturated rings. The summed E-state index contributed by atoms with van der Waals surface area (Å²) in [5.74, 6) is 0.695. The number of aromatic nitrogens is 1. The number of hydrogen-bond donors (Lipinski definition) is 1. The first-order valence-electron chi connectivity index (χ1n) is 4.34. The second-order valence-corrected chi connectivity index (χ2v) is 5.67. The van der Waals surface area contributed by atoms with E-state index in [2.05, 4.69) is 18.8 Å². The fourth-order valence-corrected chi connectivity index (χ4v) is 2.87. The highest BCUT2D eigenvalue weighted by molar-refractivity contribution is 8.01. The van der Waals surface area contributed by atoms with Crippen LogP contribution in [0.1, 0.15) is 29.2 Å². The number of carbonyl (C=O) groups is 1. The predicted octanol–water partition coefficient (Wildman–Crippen LogP) is 2.90. The molecule has 0 saturated heterocycles. The molecule has 0 amide bonds. The molecule has 0 saturated carbocycles. The topological polar surface area (TPSA) is 50.2 Å². The molecule has 0 aliphatic carbocycles. The molecule has 0 spiro atoms. The number of aromatic carboxylic acids is 1. The molecule has 5 heteroatoms. The maximum absolute atomic E-state index is 10.7. The zero-order valence-corrected chi connectivity index (χ0v) is 10.0. The van der Waals surface area contributed by atoms with Gasteiger partial charge in [-0.05, 0) is 12.8 Å². The number of carboxylic acid groups (broad SMARTS) is 1. The first kappa shape index (κ1) is 11.5. The minimum Gasteiger partial charge on any atom is -0.477 e. The van der Waals surface area contributed by atoms with Crippen molar-refractivity contribution in [2.45, 2.75) is 25.1 Å². The zero-order chi connectivity index (χ0) is 10.7. The molecule has 3 nitrogen and oxygen atoms in total. The SMILES string of the molecule is Cc1nc(SCC(C)C)sc1C(=O)O. The van der Waals surface area contributed by atoms with Gasteiger partial charge in [0.15, 0.2) is 4.34 Å². The number of thioether (sulfide) groups is 1. The van der Waals surface area contributed by atoms with Crippen molar-refractivity contribution in [3.63, 3.8) is 0 Å². The van der Waals surface area contributed by atoms with Crippen LogP contribution < -0.4 is 0 Å². The Morgan fingerprint density at radius 3 is 2.71 bits per heavy atom.